The van der Waals surface area contributed by atoms with Gasteiger partial charge in [0.1, 0.15) is 11.5 Å². The fourth-order valence-electron chi connectivity index (χ4n) is 2.04. The maximum atomic E-state index is 5.97. The lowest BCUT2D eigenvalue weighted by Crippen LogP contribution is -1.96. The molecule has 96 valence electrons. The van der Waals surface area contributed by atoms with Crippen LogP contribution in [0.3, 0.4) is 0 Å². The predicted molar refractivity (Wildman–Crippen MR) is 80.8 cm³/mol. The highest BCUT2D eigenvalue weighted by Gasteiger charge is 2.08. The van der Waals surface area contributed by atoms with Crippen LogP contribution in [0.25, 0.3) is 0 Å². The molecule has 0 bridgehead atoms. The van der Waals surface area contributed by atoms with Crippen molar-refractivity contribution < 1.29 is 4.74 Å². The second kappa shape index (κ2) is 6.60. The average Bonchev–Trinajstić information content (AvgIpc) is 2.44. The second-order valence-electron chi connectivity index (χ2n) is 4.29. The summed E-state index contributed by atoms with van der Waals surface area (Å²) in [5, 5.41) is 0. The number of hydrogen-bond acceptors (Lipinski definition) is 1. The lowest BCUT2D eigenvalue weighted by Gasteiger charge is -2.13. The Labute approximate surface area is 114 Å². The quantitative estimate of drug-likeness (QED) is 0.660. The average molecular weight is 250 g/mol. The Morgan fingerprint density at radius 3 is 2.26 bits per heavy atom. The molecule has 0 N–H and O–H groups in total. The minimum absolute atomic E-state index is 0.798. The molecule has 2 aromatic carbocycles. The van der Waals surface area contributed by atoms with Gasteiger partial charge in [0.25, 0.3) is 0 Å². The van der Waals surface area contributed by atoms with Crippen LogP contribution < -0.4 is 4.74 Å². The minimum atomic E-state index is 0.798. The van der Waals surface area contributed by atoms with Crippen molar-refractivity contribution in [1.29, 1.82) is 0 Å². The molecule has 0 aliphatic rings. The first-order valence-corrected chi connectivity index (χ1v) is 6.40. The summed E-state index contributed by atoms with van der Waals surface area (Å²) in [6.07, 6.45) is 5.45. The van der Waals surface area contributed by atoms with Crippen LogP contribution in [0.5, 0.6) is 11.5 Å². The molecule has 1 heteroatoms. The summed E-state index contributed by atoms with van der Waals surface area (Å²) in [5.41, 5.74) is 2.42. The topological polar surface area (TPSA) is 9.23 Å². The van der Waals surface area contributed by atoms with Gasteiger partial charge in [0, 0.05) is 5.56 Å². The normalized spacial score (nSPS) is 9.89. The summed E-state index contributed by atoms with van der Waals surface area (Å²) < 4.78 is 5.97. The van der Waals surface area contributed by atoms with Crippen LogP contribution in [0.15, 0.2) is 73.8 Å². The number of ether oxygens (including phenoxy) is 1. The number of benzene rings is 2. The Morgan fingerprint density at radius 1 is 0.842 bits per heavy atom. The highest BCUT2D eigenvalue weighted by molar-refractivity contribution is 5.44. The molecular weight excluding hydrogens is 232 g/mol. The number of rotatable bonds is 6. The first-order valence-electron chi connectivity index (χ1n) is 6.40. The van der Waals surface area contributed by atoms with Gasteiger partial charge < -0.3 is 4.74 Å². The second-order valence-corrected chi connectivity index (χ2v) is 4.29. The van der Waals surface area contributed by atoms with Crippen LogP contribution in [0.4, 0.5) is 0 Å². The molecule has 0 amide bonds. The fourth-order valence-corrected chi connectivity index (χ4v) is 2.04. The van der Waals surface area contributed by atoms with Crippen molar-refractivity contribution in [3.63, 3.8) is 0 Å². The SMILES string of the molecule is C=CCc1cccc(Oc2ccccc2)c1CC=C. The first-order chi connectivity index (χ1) is 9.35. The van der Waals surface area contributed by atoms with E-state index >= 15 is 0 Å². The Kier molecular flexibility index (Phi) is 4.57. The van der Waals surface area contributed by atoms with Crippen molar-refractivity contribution in [2.24, 2.45) is 0 Å². The van der Waals surface area contributed by atoms with E-state index in [0.29, 0.717) is 0 Å². The molecule has 0 radical (unpaired) electrons. The maximum Gasteiger partial charge on any atom is 0.131 e. The van der Waals surface area contributed by atoms with E-state index in [0.717, 1.165) is 24.3 Å². The zero-order chi connectivity index (χ0) is 13.5. The molecule has 0 atom stereocenters. The molecular formula is C18H18O. The van der Waals surface area contributed by atoms with Gasteiger partial charge in [-0.15, -0.1) is 13.2 Å². The number of para-hydroxylation sites is 1. The lowest BCUT2D eigenvalue weighted by atomic mass is 10.0. The summed E-state index contributed by atoms with van der Waals surface area (Å²) >= 11 is 0. The van der Waals surface area contributed by atoms with Gasteiger partial charge in [0.15, 0.2) is 0 Å². The Balaban J connectivity index is 2.35. The molecule has 19 heavy (non-hydrogen) atoms. The fraction of sp³-hybridized carbons (Fsp3) is 0.111. The van der Waals surface area contributed by atoms with Crippen molar-refractivity contribution in [3.05, 3.63) is 85.0 Å². The molecule has 0 saturated heterocycles. The summed E-state index contributed by atoms with van der Waals surface area (Å²) in [6.45, 7) is 7.63. The largest absolute Gasteiger partial charge is 0.457 e. The summed E-state index contributed by atoms with van der Waals surface area (Å²) in [5.74, 6) is 1.74. The summed E-state index contributed by atoms with van der Waals surface area (Å²) in [7, 11) is 0. The van der Waals surface area contributed by atoms with E-state index < -0.39 is 0 Å². The van der Waals surface area contributed by atoms with Crippen LogP contribution in [0, 0.1) is 0 Å². The molecule has 0 unspecified atom stereocenters. The summed E-state index contributed by atoms with van der Waals surface area (Å²) in [4.78, 5) is 0. The third-order valence-electron chi connectivity index (χ3n) is 2.91. The van der Waals surface area contributed by atoms with Gasteiger partial charge >= 0.3 is 0 Å². The lowest BCUT2D eigenvalue weighted by molar-refractivity contribution is 0.477. The molecule has 0 heterocycles. The van der Waals surface area contributed by atoms with E-state index in [9.17, 15) is 0 Å². The molecule has 0 aliphatic heterocycles. The highest BCUT2D eigenvalue weighted by Crippen LogP contribution is 2.28. The van der Waals surface area contributed by atoms with Crippen LogP contribution in [-0.4, -0.2) is 0 Å². The molecule has 0 spiro atoms. The summed E-state index contributed by atoms with van der Waals surface area (Å²) in [6, 6.07) is 16.0. The van der Waals surface area contributed by atoms with Gasteiger partial charge in [0.05, 0.1) is 0 Å². The van der Waals surface area contributed by atoms with Crippen molar-refractivity contribution >= 4 is 0 Å². The van der Waals surface area contributed by atoms with Crippen LogP contribution in [0.1, 0.15) is 11.1 Å². The Bertz CT molecular complexity index is 555. The van der Waals surface area contributed by atoms with Gasteiger partial charge in [-0.2, -0.15) is 0 Å². The van der Waals surface area contributed by atoms with E-state index in [2.05, 4.69) is 19.2 Å². The predicted octanol–water partition coefficient (Wildman–Crippen LogP) is 4.94. The first kappa shape index (κ1) is 13.2. The van der Waals surface area contributed by atoms with Crippen molar-refractivity contribution in [2.75, 3.05) is 0 Å². The van der Waals surface area contributed by atoms with Crippen LogP contribution in [-0.2, 0) is 12.8 Å². The number of allylic oxidation sites excluding steroid dienone is 2. The molecule has 0 aromatic heterocycles. The van der Waals surface area contributed by atoms with E-state index in [-0.39, 0.29) is 0 Å². The van der Waals surface area contributed by atoms with E-state index in [4.69, 9.17) is 4.74 Å². The monoisotopic (exact) mass is 250 g/mol. The molecule has 2 aromatic rings. The van der Waals surface area contributed by atoms with Gasteiger partial charge in [-0.3, -0.25) is 0 Å². The Hall–Kier alpha value is -2.28. The van der Waals surface area contributed by atoms with Gasteiger partial charge in [-0.25, -0.2) is 0 Å². The molecule has 1 nitrogen and oxygen atoms in total. The molecule has 0 fully saturated rings. The van der Waals surface area contributed by atoms with E-state index in [1.807, 2.05) is 54.6 Å². The smallest absolute Gasteiger partial charge is 0.131 e. The maximum absolute atomic E-state index is 5.97. The van der Waals surface area contributed by atoms with E-state index in [1.54, 1.807) is 0 Å². The standard InChI is InChI=1S/C18H18O/c1-3-9-15-11-8-14-18(17(15)10-4-2)19-16-12-6-5-7-13-16/h3-8,11-14H,1-2,9-10H2. The zero-order valence-corrected chi connectivity index (χ0v) is 11.0. The zero-order valence-electron chi connectivity index (χ0n) is 11.0. The minimum Gasteiger partial charge on any atom is -0.457 e. The van der Waals surface area contributed by atoms with E-state index in [1.165, 1.54) is 11.1 Å². The van der Waals surface area contributed by atoms with Gasteiger partial charge in [0.2, 0.25) is 0 Å². The van der Waals surface area contributed by atoms with Crippen molar-refractivity contribution in [2.45, 2.75) is 12.8 Å². The molecule has 0 aliphatic carbocycles. The van der Waals surface area contributed by atoms with Crippen molar-refractivity contribution in [1.82, 2.24) is 0 Å². The molecule has 0 saturated carbocycles. The van der Waals surface area contributed by atoms with Crippen molar-refractivity contribution in [3.8, 4) is 11.5 Å². The van der Waals surface area contributed by atoms with Crippen LogP contribution >= 0.6 is 0 Å². The highest BCUT2D eigenvalue weighted by atomic mass is 16.5. The van der Waals surface area contributed by atoms with Gasteiger partial charge in [-0.05, 0) is 36.6 Å². The third kappa shape index (κ3) is 3.35. The third-order valence-corrected chi connectivity index (χ3v) is 2.91. The van der Waals surface area contributed by atoms with Crippen LogP contribution in [0.2, 0.25) is 0 Å². The van der Waals surface area contributed by atoms with Gasteiger partial charge in [-0.1, -0.05) is 42.5 Å². The number of hydrogen-bond donors (Lipinski definition) is 0. The molecule has 2 rings (SSSR count). The Morgan fingerprint density at radius 2 is 1.58 bits per heavy atom.